The van der Waals surface area contributed by atoms with Crippen molar-refractivity contribution in [2.75, 3.05) is 0 Å². The number of aliphatic hydroxyl groups excluding tert-OH is 1. The van der Waals surface area contributed by atoms with E-state index in [0.29, 0.717) is 6.04 Å². The SMILES string of the molecule is C[C@@H]1CC[C@H]([C@@H](O)c2ccccc2)N1. The van der Waals surface area contributed by atoms with E-state index >= 15 is 0 Å². The molecule has 14 heavy (non-hydrogen) atoms. The van der Waals surface area contributed by atoms with Gasteiger partial charge in [-0.25, -0.2) is 0 Å². The van der Waals surface area contributed by atoms with Crippen LogP contribution in [0.1, 0.15) is 31.4 Å². The molecule has 1 aliphatic heterocycles. The van der Waals surface area contributed by atoms with Gasteiger partial charge in [0.1, 0.15) is 0 Å². The molecule has 1 heterocycles. The Morgan fingerprint density at radius 2 is 2.00 bits per heavy atom. The Morgan fingerprint density at radius 1 is 1.29 bits per heavy atom. The zero-order valence-electron chi connectivity index (χ0n) is 8.48. The summed E-state index contributed by atoms with van der Waals surface area (Å²) in [6.07, 6.45) is 1.87. The molecular formula is C12H17NO. The summed E-state index contributed by atoms with van der Waals surface area (Å²) in [5.74, 6) is 0. The number of hydrogen-bond acceptors (Lipinski definition) is 2. The van der Waals surface area contributed by atoms with Crippen molar-refractivity contribution >= 4 is 0 Å². The van der Waals surface area contributed by atoms with Crippen LogP contribution in [0.4, 0.5) is 0 Å². The summed E-state index contributed by atoms with van der Waals surface area (Å²) in [6.45, 7) is 2.16. The lowest BCUT2D eigenvalue weighted by Crippen LogP contribution is -2.32. The van der Waals surface area contributed by atoms with Crippen molar-refractivity contribution in [3.8, 4) is 0 Å². The molecule has 1 fully saturated rings. The Balaban J connectivity index is 2.05. The minimum absolute atomic E-state index is 0.229. The zero-order valence-corrected chi connectivity index (χ0v) is 8.48. The Labute approximate surface area is 85.0 Å². The zero-order chi connectivity index (χ0) is 9.97. The lowest BCUT2D eigenvalue weighted by Gasteiger charge is -2.19. The first-order chi connectivity index (χ1) is 6.77. The highest BCUT2D eigenvalue weighted by atomic mass is 16.3. The van der Waals surface area contributed by atoms with E-state index in [0.717, 1.165) is 18.4 Å². The van der Waals surface area contributed by atoms with Gasteiger partial charge in [-0.1, -0.05) is 30.3 Å². The summed E-state index contributed by atoms with van der Waals surface area (Å²) in [5, 5.41) is 13.5. The molecule has 76 valence electrons. The van der Waals surface area contributed by atoms with E-state index < -0.39 is 0 Å². The second-order valence-corrected chi connectivity index (χ2v) is 4.11. The van der Waals surface area contributed by atoms with Crippen molar-refractivity contribution in [1.82, 2.24) is 5.32 Å². The Hall–Kier alpha value is -0.860. The molecule has 1 aromatic rings. The third-order valence-electron chi connectivity index (χ3n) is 2.93. The molecule has 2 rings (SSSR count). The van der Waals surface area contributed by atoms with Crippen LogP contribution in [0.3, 0.4) is 0 Å². The van der Waals surface area contributed by atoms with Gasteiger partial charge in [-0.3, -0.25) is 0 Å². The summed E-state index contributed by atoms with van der Waals surface area (Å²) in [4.78, 5) is 0. The van der Waals surface area contributed by atoms with E-state index in [2.05, 4.69) is 12.2 Å². The third-order valence-corrected chi connectivity index (χ3v) is 2.93. The molecule has 3 atom stereocenters. The predicted octanol–water partition coefficient (Wildman–Crippen LogP) is 1.86. The van der Waals surface area contributed by atoms with E-state index in [9.17, 15) is 5.11 Å². The minimum Gasteiger partial charge on any atom is -0.387 e. The van der Waals surface area contributed by atoms with Gasteiger partial charge in [-0.15, -0.1) is 0 Å². The van der Waals surface area contributed by atoms with Gasteiger partial charge in [0.15, 0.2) is 0 Å². The highest BCUT2D eigenvalue weighted by Crippen LogP contribution is 2.24. The molecule has 0 aliphatic carbocycles. The first-order valence-corrected chi connectivity index (χ1v) is 5.26. The Bertz CT molecular complexity index is 286. The molecule has 0 aromatic heterocycles. The molecule has 0 radical (unpaired) electrons. The van der Waals surface area contributed by atoms with Gasteiger partial charge < -0.3 is 10.4 Å². The smallest absolute Gasteiger partial charge is 0.0943 e. The standard InChI is InChI=1S/C12H17NO/c1-9-7-8-11(13-9)12(14)10-5-3-2-4-6-10/h2-6,9,11-14H,7-8H2,1H3/t9-,11-,12+/m1/s1. The summed E-state index contributed by atoms with van der Waals surface area (Å²) >= 11 is 0. The molecule has 1 aromatic carbocycles. The van der Waals surface area contributed by atoms with Gasteiger partial charge in [0.2, 0.25) is 0 Å². The van der Waals surface area contributed by atoms with Crippen molar-refractivity contribution in [2.24, 2.45) is 0 Å². The lowest BCUT2D eigenvalue weighted by molar-refractivity contribution is 0.135. The second-order valence-electron chi connectivity index (χ2n) is 4.11. The fraction of sp³-hybridized carbons (Fsp3) is 0.500. The summed E-state index contributed by atoms with van der Waals surface area (Å²) in [7, 11) is 0. The van der Waals surface area contributed by atoms with Crippen LogP contribution < -0.4 is 5.32 Å². The normalized spacial score (nSPS) is 29.0. The average molecular weight is 191 g/mol. The first kappa shape index (κ1) is 9.69. The van der Waals surface area contributed by atoms with Crippen molar-refractivity contribution in [3.63, 3.8) is 0 Å². The largest absolute Gasteiger partial charge is 0.387 e. The lowest BCUT2D eigenvalue weighted by atomic mass is 10.0. The molecule has 2 N–H and O–H groups in total. The van der Waals surface area contributed by atoms with Crippen LogP contribution in [0.2, 0.25) is 0 Å². The van der Waals surface area contributed by atoms with Crippen LogP contribution in [-0.2, 0) is 0 Å². The van der Waals surface area contributed by atoms with Gasteiger partial charge in [-0.05, 0) is 25.3 Å². The molecule has 0 spiro atoms. The number of nitrogens with one attached hydrogen (secondary N) is 1. The molecule has 1 saturated heterocycles. The van der Waals surface area contributed by atoms with Crippen LogP contribution in [0.5, 0.6) is 0 Å². The number of aliphatic hydroxyl groups is 1. The minimum atomic E-state index is -0.360. The third kappa shape index (κ3) is 1.97. The Kier molecular flexibility index (Phi) is 2.85. The number of rotatable bonds is 2. The van der Waals surface area contributed by atoms with Crippen LogP contribution in [0.15, 0.2) is 30.3 Å². The van der Waals surface area contributed by atoms with Gasteiger partial charge in [0.25, 0.3) is 0 Å². The Morgan fingerprint density at radius 3 is 2.57 bits per heavy atom. The average Bonchev–Trinajstić information content (AvgIpc) is 2.65. The summed E-state index contributed by atoms with van der Waals surface area (Å²) in [5.41, 5.74) is 1.01. The van der Waals surface area contributed by atoms with Crippen molar-refractivity contribution in [1.29, 1.82) is 0 Å². The van der Waals surface area contributed by atoms with Gasteiger partial charge in [0, 0.05) is 12.1 Å². The quantitative estimate of drug-likeness (QED) is 0.748. The maximum Gasteiger partial charge on any atom is 0.0943 e. The molecule has 2 heteroatoms. The van der Waals surface area contributed by atoms with E-state index in [1.807, 2.05) is 30.3 Å². The van der Waals surface area contributed by atoms with Crippen LogP contribution >= 0.6 is 0 Å². The fourth-order valence-electron chi connectivity index (χ4n) is 2.09. The topological polar surface area (TPSA) is 32.3 Å². The fourth-order valence-corrected chi connectivity index (χ4v) is 2.09. The maximum absolute atomic E-state index is 10.1. The van der Waals surface area contributed by atoms with Gasteiger partial charge >= 0.3 is 0 Å². The van der Waals surface area contributed by atoms with Crippen LogP contribution in [-0.4, -0.2) is 17.2 Å². The highest BCUT2D eigenvalue weighted by molar-refractivity contribution is 5.19. The van der Waals surface area contributed by atoms with Crippen molar-refractivity contribution in [3.05, 3.63) is 35.9 Å². The predicted molar refractivity (Wildman–Crippen MR) is 57.0 cm³/mol. The van der Waals surface area contributed by atoms with E-state index in [1.165, 1.54) is 0 Å². The molecular weight excluding hydrogens is 174 g/mol. The monoisotopic (exact) mass is 191 g/mol. The van der Waals surface area contributed by atoms with Gasteiger partial charge in [0.05, 0.1) is 6.10 Å². The van der Waals surface area contributed by atoms with E-state index in [-0.39, 0.29) is 12.1 Å². The highest BCUT2D eigenvalue weighted by Gasteiger charge is 2.27. The summed E-state index contributed by atoms with van der Waals surface area (Å²) < 4.78 is 0. The summed E-state index contributed by atoms with van der Waals surface area (Å²) in [6, 6.07) is 10.6. The second kappa shape index (κ2) is 4.11. The van der Waals surface area contributed by atoms with Crippen LogP contribution in [0, 0.1) is 0 Å². The first-order valence-electron chi connectivity index (χ1n) is 5.26. The van der Waals surface area contributed by atoms with Crippen molar-refractivity contribution < 1.29 is 5.11 Å². The molecule has 0 saturated carbocycles. The molecule has 1 aliphatic rings. The van der Waals surface area contributed by atoms with Crippen LogP contribution in [0.25, 0.3) is 0 Å². The number of hydrogen-bond donors (Lipinski definition) is 2. The molecule has 2 nitrogen and oxygen atoms in total. The van der Waals surface area contributed by atoms with E-state index in [1.54, 1.807) is 0 Å². The number of benzene rings is 1. The molecule has 0 bridgehead atoms. The molecule has 0 unspecified atom stereocenters. The van der Waals surface area contributed by atoms with Gasteiger partial charge in [-0.2, -0.15) is 0 Å². The van der Waals surface area contributed by atoms with Crippen molar-refractivity contribution in [2.45, 2.75) is 38.0 Å². The van der Waals surface area contributed by atoms with E-state index in [4.69, 9.17) is 0 Å². The maximum atomic E-state index is 10.1. The molecule has 0 amide bonds.